The summed E-state index contributed by atoms with van der Waals surface area (Å²) in [6.07, 6.45) is 3.45. The smallest absolute Gasteiger partial charge is 0.296 e. The molecule has 1 saturated heterocycles. The van der Waals surface area contributed by atoms with Crippen LogP contribution in [0.2, 0.25) is 0 Å². The van der Waals surface area contributed by atoms with E-state index in [0.29, 0.717) is 5.56 Å². The molecule has 0 bridgehead atoms. The van der Waals surface area contributed by atoms with E-state index in [1.807, 2.05) is 12.1 Å². The fraction of sp³-hybridized carbons (Fsp3) is 0.176. The molecule has 1 fully saturated rings. The standard InChI is InChI=1S/C17H13N3O3/c18-10-13-14(11-4-6-12(21)7-5-11)15(17(23)19-16(13)22)20-8-2-1-3-9-20/h1-9,13-15H,(H-,19,21,22,23)/p+1/t13-,14+,15-/m0/s1. The van der Waals surface area contributed by atoms with Gasteiger partial charge in [0.05, 0.1) is 12.0 Å². The van der Waals surface area contributed by atoms with Crippen molar-refractivity contribution < 1.29 is 19.3 Å². The number of amides is 2. The summed E-state index contributed by atoms with van der Waals surface area (Å²) >= 11 is 0. The lowest BCUT2D eigenvalue weighted by Gasteiger charge is -2.29. The van der Waals surface area contributed by atoms with Crippen molar-refractivity contribution in [3.63, 3.8) is 0 Å². The second-order valence-electron chi connectivity index (χ2n) is 5.35. The average Bonchev–Trinajstić information content (AvgIpc) is 2.56. The first kappa shape index (κ1) is 14.7. The molecule has 0 unspecified atom stereocenters. The van der Waals surface area contributed by atoms with Gasteiger partial charge in [0.1, 0.15) is 11.7 Å². The normalized spacial score (nSPS) is 23.9. The van der Waals surface area contributed by atoms with Gasteiger partial charge in [0, 0.05) is 12.1 Å². The van der Waals surface area contributed by atoms with Crippen LogP contribution in [0.3, 0.4) is 0 Å². The van der Waals surface area contributed by atoms with E-state index in [-0.39, 0.29) is 5.75 Å². The number of nitrogens with zero attached hydrogens (tertiary/aromatic N) is 2. The van der Waals surface area contributed by atoms with Crippen LogP contribution in [0.15, 0.2) is 54.9 Å². The first-order chi connectivity index (χ1) is 11.1. The Bertz CT molecular complexity index is 781. The number of phenolic OH excluding ortho intramolecular Hbond substituents is 1. The topological polar surface area (TPSA) is 94.1 Å². The largest absolute Gasteiger partial charge is 0.508 e. The quantitative estimate of drug-likeness (QED) is 0.634. The zero-order valence-corrected chi connectivity index (χ0v) is 12.1. The molecular weight excluding hydrogens is 294 g/mol. The van der Waals surface area contributed by atoms with Crippen molar-refractivity contribution in [2.75, 3.05) is 0 Å². The van der Waals surface area contributed by atoms with Gasteiger partial charge in [-0.3, -0.25) is 14.9 Å². The number of carbonyl (C=O) groups is 2. The number of hydrogen-bond acceptors (Lipinski definition) is 4. The van der Waals surface area contributed by atoms with Crippen LogP contribution in [0.4, 0.5) is 0 Å². The minimum absolute atomic E-state index is 0.0813. The molecule has 6 heteroatoms. The Hall–Kier alpha value is -3.20. The second kappa shape index (κ2) is 5.89. The number of phenols is 1. The fourth-order valence-electron chi connectivity index (χ4n) is 2.91. The molecule has 114 valence electrons. The molecule has 1 aromatic heterocycles. The lowest BCUT2D eigenvalue weighted by molar-refractivity contribution is -0.713. The molecule has 2 heterocycles. The lowest BCUT2D eigenvalue weighted by atomic mass is 9.77. The molecule has 1 aromatic carbocycles. The number of piperidine rings is 1. The van der Waals surface area contributed by atoms with E-state index in [9.17, 15) is 20.0 Å². The molecule has 1 aliphatic rings. The number of rotatable bonds is 2. The molecule has 1 aliphatic heterocycles. The van der Waals surface area contributed by atoms with Crippen molar-refractivity contribution in [1.82, 2.24) is 5.32 Å². The van der Waals surface area contributed by atoms with E-state index in [4.69, 9.17) is 0 Å². The molecule has 2 amide bonds. The van der Waals surface area contributed by atoms with E-state index in [2.05, 4.69) is 5.32 Å². The zero-order valence-electron chi connectivity index (χ0n) is 12.1. The fourth-order valence-corrected chi connectivity index (χ4v) is 2.91. The highest BCUT2D eigenvalue weighted by molar-refractivity contribution is 6.02. The number of benzene rings is 1. The number of aromatic nitrogens is 1. The van der Waals surface area contributed by atoms with Crippen LogP contribution in [0.5, 0.6) is 5.75 Å². The Morgan fingerprint density at radius 3 is 2.30 bits per heavy atom. The van der Waals surface area contributed by atoms with Gasteiger partial charge >= 0.3 is 0 Å². The van der Waals surface area contributed by atoms with E-state index < -0.39 is 29.7 Å². The maximum absolute atomic E-state index is 12.4. The zero-order chi connectivity index (χ0) is 16.4. The summed E-state index contributed by atoms with van der Waals surface area (Å²) < 4.78 is 1.68. The van der Waals surface area contributed by atoms with Gasteiger partial charge in [-0.05, 0) is 17.7 Å². The summed E-state index contributed by atoms with van der Waals surface area (Å²) in [4.78, 5) is 24.5. The third-order valence-corrected chi connectivity index (χ3v) is 3.97. The van der Waals surface area contributed by atoms with Crippen molar-refractivity contribution in [2.24, 2.45) is 5.92 Å². The van der Waals surface area contributed by atoms with Crippen LogP contribution < -0.4 is 9.88 Å². The van der Waals surface area contributed by atoms with Crippen LogP contribution in [0, 0.1) is 17.2 Å². The Morgan fingerprint density at radius 2 is 1.70 bits per heavy atom. The molecule has 23 heavy (non-hydrogen) atoms. The maximum atomic E-state index is 12.4. The number of nitriles is 1. The van der Waals surface area contributed by atoms with Crippen LogP contribution in [-0.4, -0.2) is 16.9 Å². The Labute approximate surface area is 132 Å². The lowest BCUT2D eigenvalue weighted by Crippen LogP contribution is -2.59. The molecule has 0 spiro atoms. The van der Waals surface area contributed by atoms with Crippen LogP contribution in [0.25, 0.3) is 0 Å². The van der Waals surface area contributed by atoms with Gasteiger partial charge in [0.25, 0.3) is 5.91 Å². The summed E-state index contributed by atoms with van der Waals surface area (Å²) in [5, 5.41) is 21.1. The molecule has 2 aromatic rings. The molecular formula is C17H14N3O3+. The number of hydrogen-bond donors (Lipinski definition) is 2. The van der Waals surface area contributed by atoms with E-state index in [1.165, 1.54) is 12.1 Å². The Kier molecular flexibility index (Phi) is 3.77. The van der Waals surface area contributed by atoms with Gasteiger partial charge in [-0.2, -0.15) is 9.83 Å². The van der Waals surface area contributed by atoms with Gasteiger partial charge in [0.2, 0.25) is 11.9 Å². The van der Waals surface area contributed by atoms with Crippen molar-refractivity contribution >= 4 is 11.8 Å². The number of aromatic hydroxyl groups is 1. The van der Waals surface area contributed by atoms with Gasteiger partial charge in [0.15, 0.2) is 12.4 Å². The van der Waals surface area contributed by atoms with Crippen LogP contribution in [-0.2, 0) is 9.59 Å². The van der Waals surface area contributed by atoms with Crippen molar-refractivity contribution in [1.29, 1.82) is 5.26 Å². The molecule has 0 saturated carbocycles. The predicted octanol–water partition coefficient (Wildman–Crippen LogP) is 0.801. The summed E-state index contributed by atoms with van der Waals surface area (Å²) in [6.45, 7) is 0. The number of imide groups is 1. The summed E-state index contributed by atoms with van der Waals surface area (Å²) in [5.41, 5.74) is 0.652. The van der Waals surface area contributed by atoms with Gasteiger partial charge in [-0.25, -0.2) is 0 Å². The van der Waals surface area contributed by atoms with Crippen LogP contribution >= 0.6 is 0 Å². The number of pyridine rings is 1. The van der Waals surface area contributed by atoms with E-state index in [0.717, 1.165) is 0 Å². The number of nitrogens with one attached hydrogen (secondary N) is 1. The summed E-state index contributed by atoms with van der Waals surface area (Å²) in [5.74, 6) is -2.58. The van der Waals surface area contributed by atoms with Gasteiger partial charge in [-0.1, -0.05) is 18.2 Å². The minimum Gasteiger partial charge on any atom is -0.508 e. The van der Waals surface area contributed by atoms with Crippen molar-refractivity contribution in [2.45, 2.75) is 12.0 Å². The molecule has 3 atom stereocenters. The highest BCUT2D eigenvalue weighted by Gasteiger charge is 2.50. The van der Waals surface area contributed by atoms with Gasteiger partial charge < -0.3 is 5.11 Å². The minimum atomic E-state index is -0.991. The van der Waals surface area contributed by atoms with Crippen molar-refractivity contribution in [3.05, 3.63) is 60.4 Å². The predicted molar refractivity (Wildman–Crippen MR) is 78.8 cm³/mol. The first-order valence-corrected chi connectivity index (χ1v) is 7.11. The molecule has 3 rings (SSSR count). The Morgan fingerprint density at radius 1 is 1.04 bits per heavy atom. The molecule has 0 radical (unpaired) electrons. The summed E-state index contributed by atoms with van der Waals surface area (Å²) in [6, 6.07) is 12.9. The number of carbonyl (C=O) groups excluding carboxylic acids is 2. The van der Waals surface area contributed by atoms with Gasteiger partial charge in [-0.15, -0.1) is 0 Å². The SMILES string of the molecule is N#C[C@@H]1C(=O)NC(=O)[C@@H]([n+]2ccccc2)[C@@H]1c1ccc(O)cc1. The second-order valence-corrected chi connectivity index (χ2v) is 5.35. The first-order valence-electron chi connectivity index (χ1n) is 7.11. The molecule has 2 N–H and O–H groups in total. The molecule has 0 aliphatic carbocycles. The van der Waals surface area contributed by atoms with E-state index >= 15 is 0 Å². The van der Waals surface area contributed by atoms with Crippen LogP contribution in [0.1, 0.15) is 17.5 Å². The summed E-state index contributed by atoms with van der Waals surface area (Å²) in [7, 11) is 0. The van der Waals surface area contributed by atoms with Crippen molar-refractivity contribution in [3.8, 4) is 11.8 Å². The Balaban J connectivity index is 2.13. The van der Waals surface area contributed by atoms with E-state index in [1.54, 1.807) is 41.2 Å². The third-order valence-electron chi connectivity index (χ3n) is 3.97. The highest BCUT2D eigenvalue weighted by Crippen LogP contribution is 2.36. The average molecular weight is 308 g/mol. The third kappa shape index (κ3) is 2.64. The maximum Gasteiger partial charge on any atom is 0.296 e. The molecule has 6 nitrogen and oxygen atoms in total. The highest BCUT2D eigenvalue weighted by atomic mass is 16.3. The monoisotopic (exact) mass is 308 g/mol.